The molecular formula is C13H17NO. The Morgan fingerprint density at radius 2 is 2.00 bits per heavy atom. The van der Waals surface area contributed by atoms with Crippen molar-refractivity contribution >= 4 is 5.91 Å². The Balaban J connectivity index is 1.88. The number of benzene rings is 1. The minimum atomic E-state index is 0.0512. The smallest absolute Gasteiger partial charge is 0.251 e. The maximum absolute atomic E-state index is 11.7. The van der Waals surface area contributed by atoms with E-state index < -0.39 is 0 Å². The number of hydrogen-bond acceptors (Lipinski definition) is 1. The second-order valence-electron chi connectivity index (χ2n) is 4.40. The number of rotatable bonds is 4. The van der Waals surface area contributed by atoms with Crippen LogP contribution in [0.1, 0.15) is 36.5 Å². The van der Waals surface area contributed by atoms with Gasteiger partial charge in [0.25, 0.3) is 5.91 Å². The molecule has 80 valence electrons. The van der Waals surface area contributed by atoms with Crippen LogP contribution in [0.4, 0.5) is 0 Å². The molecule has 0 bridgehead atoms. The minimum absolute atomic E-state index is 0.0512. The molecule has 0 spiro atoms. The summed E-state index contributed by atoms with van der Waals surface area (Å²) in [5.74, 6) is 0.0512. The molecule has 2 rings (SSSR count). The van der Waals surface area contributed by atoms with Crippen LogP contribution in [0.25, 0.3) is 0 Å². The molecule has 1 aromatic carbocycles. The number of hydrogen-bond donors (Lipinski definition) is 1. The van der Waals surface area contributed by atoms with Crippen molar-refractivity contribution in [2.75, 3.05) is 6.54 Å². The van der Waals surface area contributed by atoms with Gasteiger partial charge in [-0.3, -0.25) is 4.79 Å². The zero-order valence-corrected chi connectivity index (χ0v) is 9.12. The number of amides is 1. The molecule has 1 aromatic rings. The van der Waals surface area contributed by atoms with E-state index in [9.17, 15) is 4.79 Å². The molecule has 0 aliphatic heterocycles. The van der Waals surface area contributed by atoms with Gasteiger partial charge in [0.05, 0.1) is 0 Å². The fraction of sp³-hybridized carbons (Fsp3) is 0.462. The molecule has 0 aromatic heterocycles. The van der Waals surface area contributed by atoms with Crippen LogP contribution in [0.5, 0.6) is 0 Å². The molecule has 0 atom stereocenters. The summed E-state index contributed by atoms with van der Waals surface area (Å²) in [6.07, 6.45) is 3.69. The molecule has 1 fully saturated rings. The Labute approximate surface area is 90.7 Å². The van der Waals surface area contributed by atoms with E-state index in [1.807, 2.05) is 30.3 Å². The van der Waals surface area contributed by atoms with E-state index in [0.717, 1.165) is 12.1 Å². The molecule has 1 saturated carbocycles. The van der Waals surface area contributed by atoms with Gasteiger partial charge in [0, 0.05) is 12.1 Å². The second kappa shape index (κ2) is 4.05. The quantitative estimate of drug-likeness (QED) is 0.800. The highest BCUT2D eigenvalue weighted by Crippen LogP contribution is 2.47. The molecule has 1 aliphatic rings. The Hall–Kier alpha value is -1.31. The van der Waals surface area contributed by atoms with E-state index >= 15 is 0 Å². The van der Waals surface area contributed by atoms with Crippen LogP contribution in [-0.2, 0) is 0 Å². The van der Waals surface area contributed by atoms with Gasteiger partial charge in [0.15, 0.2) is 0 Å². The lowest BCUT2D eigenvalue weighted by Crippen LogP contribution is -2.29. The highest BCUT2D eigenvalue weighted by molar-refractivity contribution is 5.94. The number of carbonyl (C=O) groups excluding carboxylic acids is 1. The summed E-state index contributed by atoms with van der Waals surface area (Å²) in [7, 11) is 0. The standard InChI is InChI=1S/C13H17NO/c1-2-13(8-9-13)10-14-12(15)11-6-4-3-5-7-11/h3-7H,2,8-10H2,1H3,(H,14,15). The van der Waals surface area contributed by atoms with Crippen molar-refractivity contribution in [3.05, 3.63) is 35.9 Å². The highest BCUT2D eigenvalue weighted by Gasteiger charge is 2.40. The minimum Gasteiger partial charge on any atom is -0.351 e. The first-order valence-corrected chi connectivity index (χ1v) is 5.59. The van der Waals surface area contributed by atoms with Crippen molar-refractivity contribution in [1.82, 2.24) is 5.32 Å². The highest BCUT2D eigenvalue weighted by atomic mass is 16.1. The molecule has 0 radical (unpaired) electrons. The third kappa shape index (κ3) is 2.38. The first-order chi connectivity index (χ1) is 7.26. The van der Waals surface area contributed by atoms with E-state index in [4.69, 9.17) is 0 Å². The van der Waals surface area contributed by atoms with E-state index in [1.54, 1.807) is 0 Å². The van der Waals surface area contributed by atoms with Gasteiger partial charge in [-0.2, -0.15) is 0 Å². The Kier molecular flexibility index (Phi) is 2.76. The molecule has 0 unspecified atom stereocenters. The van der Waals surface area contributed by atoms with Gasteiger partial charge in [-0.1, -0.05) is 25.1 Å². The maximum Gasteiger partial charge on any atom is 0.251 e. The summed E-state index contributed by atoms with van der Waals surface area (Å²) in [6.45, 7) is 3.03. The van der Waals surface area contributed by atoms with Gasteiger partial charge in [-0.15, -0.1) is 0 Å². The van der Waals surface area contributed by atoms with E-state index in [1.165, 1.54) is 19.3 Å². The summed E-state index contributed by atoms with van der Waals surface area (Å²) >= 11 is 0. The lowest BCUT2D eigenvalue weighted by atomic mass is 10.0. The van der Waals surface area contributed by atoms with Gasteiger partial charge in [-0.25, -0.2) is 0 Å². The van der Waals surface area contributed by atoms with Gasteiger partial charge in [0.1, 0.15) is 0 Å². The van der Waals surface area contributed by atoms with Gasteiger partial charge < -0.3 is 5.32 Å². The van der Waals surface area contributed by atoms with Crippen molar-refractivity contribution in [2.24, 2.45) is 5.41 Å². The van der Waals surface area contributed by atoms with Crippen LogP contribution >= 0.6 is 0 Å². The Bertz CT molecular complexity index is 341. The first kappa shape index (κ1) is 10.2. The van der Waals surface area contributed by atoms with Gasteiger partial charge in [-0.05, 0) is 36.8 Å². The largest absolute Gasteiger partial charge is 0.351 e. The maximum atomic E-state index is 11.7. The van der Waals surface area contributed by atoms with Crippen molar-refractivity contribution < 1.29 is 4.79 Å². The molecule has 1 aliphatic carbocycles. The second-order valence-corrected chi connectivity index (χ2v) is 4.40. The summed E-state index contributed by atoms with van der Waals surface area (Å²) in [5.41, 5.74) is 1.18. The Morgan fingerprint density at radius 1 is 1.33 bits per heavy atom. The van der Waals surface area contributed by atoms with Crippen molar-refractivity contribution in [3.63, 3.8) is 0 Å². The molecule has 0 heterocycles. The predicted octanol–water partition coefficient (Wildman–Crippen LogP) is 2.61. The molecule has 1 N–H and O–H groups in total. The summed E-state index contributed by atoms with van der Waals surface area (Å²) in [6, 6.07) is 9.40. The summed E-state index contributed by atoms with van der Waals surface area (Å²) in [5, 5.41) is 3.01. The molecule has 2 nitrogen and oxygen atoms in total. The van der Waals surface area contributed by atoms with Crippen LogP contribution in [0.2, 0.25) is 0 Å². The van der Waals surface area contributed by atoms with E-state index in [2.05, 4.69) is 12.2 Å². The fourth-order valence-corrected chi connectivity index (χ4v) is 1.79. The lowest BCUT2D eigenvalue weighted by molar-refractivity contribution is 0.0944. The Morgan fingerprint density at radius 3 is 2.53 bits per heavy atom. The zero-order valence-electron chi connectivity index (χ0n) is 9.12. The molecule has 2 heteroatoms. The van der Waals surface area contributed by atoms with Crippen LogP contribution in [0.3, 0.4) is 0 Å². The van der Waals surface area contributed by atoms with Crippen molar-refractivity contribution in [3.8, 4) is 0 Å². The number of nitrogens with one attached hydrogen (secondary N) is 1. The summed E-state index contributed by atoms with van der Waals surface area (Å²) in [4.78, 5) is 11.7. The topological polar surface area (TPSA) is 29.1 Å². The number of carbonyl (C=O) groups is 1. The fourth-order valence-electron chi connectivity index (χ4n) is 1.79. The first-order valence-electron chi connectivity index (χ1n) is 5.59. The predicted molar refractivity (Wildman–Crippen MR) is 60.7 cm³/mol. The molecule has 15 heavy (non-hydrogen) atoms. The SMILES string of the molecule is CCC1(CNC(=O)c2ccccc2)CC1. The van der Waals surface area contributed by atoms with Gasteiger partial charge in [0.2, 0.25) is 0 Å². The molecular weight excluding hydrogens is 186 g/mol. The normalized spacial score (nSPS) is 17.1. The average Bonchev–Trinajstić information content (AvgIpc) is 3.08. The average molecular weight is 203 g/mol. The lowest BCUT2D eigenvalue weighted by Gasteiger charge is -2.13. The van der Waals surface area contributed by atoms with Crippen molar-refractivity contribution in [1.29, 1.82) is 0 Å². The van der Waals surface area contributed by atoms with Crippen LogP contribution < -0.4 is 5.32 Å². The summed E-state index contributed by atoms with van der Waals surface area (Å²) < 4.78 is 0. The zero-order chi connectivity index (χ0) is 10.7. The third-order valence-corrected chi connectivity index (χ3v) is 3.37. The van der Waals surface area contributed by atoms with Crippen molar-refractivity contribution in [2.45, 2.75) is 26.2 Å². The van der Waals surface area contributed by atoms with E-state index in [0.29, 0.717) is 5.41 Å². The van der Waals surface area contributed by atoms with Crippen LogP contribution in [-0.4, -0.2) is 12.5 Å². The van der Waals surface area contributed by atoms with Gasteiger partial charge >= 0.3 is 0 Å². The molecule has 1 amide bonds. The monoisotopic (exact) mass is 203 g/mol. The third-order valence-electron chi connectivity index (χ3n) is 3.37. The molecule has 0 saturated heterocycles. The van der Waals surface area contributed by atoms with E-state index in [-0.39, 0.29) is 5.91 Å². The van der Waals surface area contributed by atoms with Crippen LogP contribution in [0, 0.1) is 5.41 Å². The van der Waals surface area contributed by atoms with Crippen LogP contribution in [0.15, 0.2) is 30.3 Å².